The third-order valence-corrected chi connectivity index (χ3v) is 7.14. The minimum atomic E-state index is -0.487. The number of methoxy groups -OCH3 is 1. The Morgan fingerprint density at radius 2 is 1.82 bits per heavy atom. The SMILES string of the molecule is CC[C@@H](C)N1C(=O)/C(=C\c2cc(OC)c(OCc3ccccc3)cc2[N+](=O)[O-])SC1=Nc1ccc(C)cc1. The molecule has 0 N–H and O–H groups in total. The molecule has 1 saturated heterocycles. The highest BCUT2D eigenvalue weighted by atomic mass is 32.2. The molecular weight excluding hydrogens is 502 g/mol. The Kier molecular flexibility index (Phi) is 8.48. The van der Waals surface area contributed by atoms with E-state index < -0.39 is 4.92 Å². The lowest BCUT2D eigenvalue weighted by molar-refractivity contribution is -0.385. The van der Waals surface area contributed by atoms with Crippen LogP contribution in [0.25, 0.3) is 6.08 Å². The largest absolute Gasteiger partial charge is 0.493 e. The number of carbonyl (C=O) groups is 1. The first-order chi connectivity index (χ1) is 18.3. The number of aryl methyl sites for hydroxylation is 1. The fourth-order valence-corrected chi connectivity index (χ4v) is 4.93. The van der Waals surface area contributed by atoms with Gasteiger partial charge >= 0.3 is 0 Å². The van der Waals surface area contributed by atoms with Gasteiger partial charge in [-0.1, -0.05) is 55.0 Å². The second-order valence-corrected chi connectivity index (χ2v) is 9.88. The molecule has 4 rings (SSSR count). The number of nitrogens with zero attached hydrogens (tertiary/aromatic N) is 3. The summed E-state index contributed by atoms with van der Waals surface area (Å²) in [4.78, 5) is 31.7. The highest BCUT2D eigenvalue weighted by Crippen LogP contribution is 2.40. The van der Waals surface area contributed by atoms with E-state index in [0.717, 1.165) is 23.2 Å². The van der Waals surface area contributed by atoms with Gasteiger partial charge in [-0.25, -0.2) is 4.99 Å². The van der Waals surface area contributed by atoms with E-state index in [1.807, 2.05) is 75.4 Å². The molecule has 1 fully saturated rings. The summed E-state index contributed by atoms with van der Waals surface area (Å²) < 4.78 is 11.3. The fraction of sp³-hybridized carbons (Fsp3) is 0.241. The summed E-state index contributed by atoms with van der Waals surface area (Å²) in [5.74, 6) is 0.340. The van der Waals surface area contributed by atoms with Crippen LogP contribution in [-0.4, -0.2) is 34.0 Å². The lowest BCUT2D eigenvalue weighted by Crippen LogP contribution is -2.36. The van der Waals surface area contributed by atoms with E-state index in [2.05, 4.69) is 0 Å². The highest BCUT2D eigenvalue weighted by Gasteiger charge is 2.36. The Labute approximate surface area is 226 Å². The third kappa shape index (κ3) is 6.06. The lowest BCUT2D eigenvalue weighted by atomic mass is 10.1. The van der Waals surface area contributed by atoms with Crippen LogP contribution in [0.3, 0.4) is 0 Å². The first kappa shape index (κ1) is 26.9. The molecule has 3 aromatic rings. The molecule has 1 aliphatic rings. The molecular formula is C29H29N3O5S. The van der Waals surface area contributed by atoms with Crippen LogP contribution in [0.15, 0.2) is 76.6 Å². The number of nitro benzene ring substituents is 1. The number of rotatable bonds is 9. The summed E-state index contributed by atoms with van der Waals surface area (Å²) in [6.45, 7) is 6.18. The predicted molar refractivity (Wildman–Crippen MR) is 151 cm³/mol. The van der Waals surface area contributed by atoms with Gasteiger partial charge in [0.2, 0.25) is 0 Å². The minimum Gasteiger partial charge on any atom is -0.493 e. The normalized spacial score (nSPS) is 16.2. The van der Waals surface area contributed by atoms with Crippen LogP contribution < -0.4 is 9.47 Å². The number of hydrogen-bond donors (Lipinski definition) is 0. The summed E-state index contributed by atoms with van der Waals surface area (Å²) in [6.07, 6.45) is 2.26. The smallest absolute Gasteiger partial charge is 0.280 e. The van der Waals surface area contributed by atoms with Gasteiger partial charge in [-0.2, -0.15) is 0 Å². The number of nitro groups is 1. The number of amidine groups is 1. The van der Waals surface area contributed by atoms with Crippen LogP contribution in [0.2, 0.25) is 0 Å². The van der Waals surface area contributed by atoms with Gasteiger partial charge in [0.1, 0.15) is 6.61 Å². The first-order valence-electron chi connectivity index (χ1n) is 12.2. The van der Waals surface area contributed by atoms with Gasteiger partial charge in [-0.3, -0.25) is 19.8 Å². The summed E-state index contributed by atoms with van der Waals surface area (Å²) in [5.41, 5.74) is 2.82. The number of aliphatic imine (C=N–C) groups is 1. The van der Waals surface area contributed by atoms with Gasteiger partial charge < -0.3 is 9.47 Å². The zero-order valence-electron chi connectivity index (χ0n) is 21.7. The minimum absolute atomic E-state index is 0.0941. The predicted octanol–water partition coefficient (Wildman–Crippen LogP) is 6.89. The van der Waals surface area contributed by atoms with Crippen LogP contribution in [0, 0.1) is 17.0 Å². The van der Waals surface area contributed by atoms with Crippen molar-refractivity contribution < 1.29 is 19.2 Å². The second-order valence-electron chi connectivity index (χ2n) is 8.87. The summed E-state index contributed by atoms with van der Waals surface area (Å²) in [6, 6.07) is 20.0. The summed E-state index contributed by atoms with van der Waals surface area (Å²) in [5, 5.41) is 12.5. The Balaban J connectivity index is 1.71. The third-order valence-electron chi connectivity index (χ3n) is 6.16. The maximum absolute atomic E-state index is 13.5. The zero-order valence-corrected chi connectivity index (χ0v) is 22.5. The van der Waals surface area contributed by atoms with Crippen molar-refractivity contribution in [3.05, 3.63) is 98.4 Å². The van der Waals surface area contributed by atoms with Crippen molar-refractivity contribution in [1.29, 1.82) is 0 Å². The number of benzene rings is 3. The number of ether oxygens (including phenoxy) is 2. The second kappa shape index (κ2) is 12.0. The van der Waals surface area contributed by atoms with Crippen molar-refractivity contribution in [2.75, 3.05) is 7.11 Å². The van der Waals surface area contributed by atoms with Gasteiger partial charge in [0.15, 0.2) is 16.7 Å². The molecule has 1 heterocycles. The van der Waals surface area contributed by atoms with Crippen LogP contribution >= 0.6 is 11.8 Å². The van der Waals surface area contributed by atoms with Crippen molar-refractivity contribution in [3.63, 3.8) is 0 Å². The molecule has 196 valence electrons. The molecule has 0 radical (unpaired) electrons. The fourth-order valence-electron chi connectivity index (χ4n) is 3.85. The van der Waals surface area contributed by atoms with E-state index in [1.165, 1.54) is 37.1 Å². The highest BCUT2D eigenvalue weighted by molar-refractivity contribution is 8.18. The number of hydrogen-bond acceptors (Lipinski definition) is 7. The maximum Gasteiger partial charge on any atom is 0.280 e. The first-order valence-corrected chi connectivity index (χ1v) is 13.0. The van der Waals surface area contributed by atoms with Crippen molar-refractivity contribution in [1.82, 2.24) is 4.90 Å². The summed E-state index contributed by atoms with van der Waals surface area (Å²) in [7, 11) is 1.47. The summed E-state index contributed by atoms with van der Waals surface area (Å²) >= 11 is 1.20. The molecule has 0 spiro atoms. The Morgan fingerprint density at radius 1 is 1.11 bits per heavy atom. The Bertz CT molecular complexity index is 1390. The lowest BCUT2D eigenvalue weighted by Gasteiger charge is -2.22. The number of amides is 1. The van der Waals surface area contributed by atoms with Crippen molar-refractivity contribution in [3.8, 4) is 11.5 Å². The molecule has 8 nitrogen and oxygen atoms in total. The van der Waals surface area contributed by atoms with Crippen molar-refractivity contribution in [2.24, 2.45) is 4.99 Å². The molecule has 1 atom stereocenters. The molecule has 38 heavy (non-hydrogen) atoms. The molecule has 1 aliphatic heterocycles. The molecule has 0 saturated carbocycles. The molecule has 9 heteroatoms. The number of carbonyl (C=O) groups excluding carboxylic acids is 1. The maximum atomic E-state index is 13.5. The monoisotopic (exact) mass is 531 g/mol. The zero-order chi connectivity index (χ0) is 27.2. The van der Waals surface area contributed by atoms with Gasteiger partial charge in [0, 0.05) is 6.04 Å². The topological polar surface area (TPSA) is 94.3 Å². The van der Waals surface area contributed by atoms with E-state index in [-0.39, 0.29) is 35.6 Å². The molecule has 0 unspecified atom stereocenters. The van der Waals surface area contributed by atoms with Crippen LogP contribution in [0.1, 0.15) is 37.0 Å². The van der Waals surface area contributed by atoms with Crippen LogP contribution in [0.5, 0.6) is 11.5 Å². The molecule has 0 aliphatic carbocycles. The van der Waals surface area contributed by atoms with Crippen molar-refractivity contribution >= 4 is 40.3 Å². The molecule has 1 amide bonds. The van der Waals surface area contributed by atoms with Gasteiger partial charge in [-0.15, -0.1) is 0 Å². The van der Waals surface area contributed by atoms with E-state index >= 15 is 0 Å². The number of thioether (sulfide) groups is 1. The van der Waals surface area contributed by atoms with Gasteiger partial charge in [0.05, 0.1) is 34.3 Å². The van der Waals surface area contributed by atoms with Crippen molar-refractivity contribution in [2.45, 2.75) is 39.8 Å². The molecule has 3 aromatic carbocycles. The molecule has 0 bridgehead atoms. The van der Waals surface area contributed by atoms with Crippen LogP contribution in [-0.2, 0) is 11.4 Å². The van der Waals surface area contributed by atoms with E-state index in [9.17, 15) is 14.9 Å². The van der Waals surface area contributed by atoms with Crippen LogP contribution in [0.4, 0.5) is 11.4 Å². The van der Waals surface area contributed by atoms with E-state index in [0.29, 0.717) is 15.8 Å². The van der Waals surface area contributed by atoms with E-state index in [1.54, 1.807) is 4.90 Å². The van der Waals surface area contributed by atoms with Gasteiger partial charge in [-0.05, 0) is 61.9 Å². The Hall–Kier alpha value is -4.11. The quantitative estimate of drug-likeness (QED) is 0.169. The van der Waals surface area contributed by atoms with Gasteiger partial charge in [0.25, 0.3) is 11.6 Å². The average molecular weight is 532 g/mol. The standard InChI is InChI=1S/C29H29N3O5S/c1-5-20(3)31-28(33)27(38-29(31)30-23-13-11-19(2)12-14-23)16-22-15-25(36-4)26(17-24(22)32(34)35)37-18-21-9-7-6-8-10-21/h6-17,20H,5,18H2,1-4H3/b27-16+,30-29?/t20-/m1/s1. The van der Waals surface area contributed by atoms with E-state index in [4.69, 9.17) is 14.5 Å². The average Bonchev–Trinajstić information content (AvgIpc) is 3.22. The molecule has 0 aromatic heterocycles. The Morgan fingerprint density at radius 3 is 2.45 bits per heavy atom.